The minimum atomic E-state index is -0.936. The number of carboxylic acid groups (broad SMARTS) is 1. The number of carboxylic acids is 1. The quantitative estimate of drug-likeness (QED) is 0.589. The zero-order chi connectivity index (χ0) is 22.4. The monoisotopic (exact) mass is 433 g/mol. The van der Waals surface area contributed by atoms with Gasteiger partial charge in [-0.1, -0.05) is 48.6 Å². The van der Waals surface area contributed by atoms with Gasteiger partial charge in [0.1, 0.15) is 5.75 Å². The van der Waals surface area contributed by atoms with Gasteiger partial charge in [0.25, 0.3) is 0 Å². The van der Waals surface area contributed by atoms with E-state index in [-0.39, 0.29) is 5.41 Å². The molecule has 0 fully saturated rings. The van der Waals surface area contributed by atoms with Gasteiger partial charge in [0.15, 0.2) is 6.10 Å². The van der Waals surface area contributed by atoms with Gasteiger partial charge >= 0.3 is 5.97 Å². The molecule has 0 bridgehead atoms. The van der Waals surface area contributed by atoms with Crippen molar-refractivity contribution in [1.82, 2.24) is 5.32 Å². The summed E-state index contributed by atoms with van der Waals surface area (Å²) < 4.78 is 11.3. The van der Waals surface area contributed by atoms with Crippen molar-refractivity contribution in [2.24, 2.45) is 5.41 Å². The van der Waals surface area contributed by atoms with Gasteiger partial charge in [-0.05, 0) is 54.2 Å². The molecule has 0 saturated heterocycles. The Kier molecular flexibility index (Phi) is 6.96. The van der Waals surface area contributed by atoms with Crippen molar-refractivity contribution in [1.29, 1.82) is 0 Å². The number of nitrogens with one attached hydrogen (secondary N) is 1. The van der Waals surface area contributed by atoms with Crippen molar-refractivity contribution in [2.45, 2.75) is 38.7 Å². The van der Waals surface area contributed by atoms with Crippen LogP contribution in [0.1, 0.15) is 31.7 Å². The Morgan fingerprint density at radius 2 is 2.06 bits per heavy atom. The van der Waals surface area contributed by atoms with Crippen LogP contribution >= 0.6 is 0 Å². The van der Waals surface area contributed by atoms with Crippen LogP contribution < -0.4 is 10.1 Å². The summed E-state index contributed by atoms with van der Waals surface area (Å²) in [4.78, 5) is 11.3. The highest BCUT2D eigenvalue weighted by Gasteiger charge is 2.38. The van der Waals surface area contributed by atoms with Crippen molar-refractivity contribution in [3.8, 4) is 5.75 Å². The fourth-order valence-electron chi connectivity index (χ4n) is 4.75. The highest BCUT2D eigenvalue weighted by Crippen LogP contribution is 2.49. The third kappa shape index (κ3) is 4.73. The number of aliphatic carboxylic acids is 1. The summed E-state index contributed by atoms with van der Waals surface area (Å²) in [6, 6.07) is 7.63. The first-order valence-corrected chi connectivity index (χ1v) is 11.4. The highest BCUT2D eigenvalue weighted by atomic mass is 16.5. The number of hydrogen-bond donors (Lipinski definition) is 2. The second kappa shape index (κ2) is 10.0. The van der Waals surface area contributed by atoms with Crippen LogP contribution in [0, 0.1) is 5.41 Å². The average Bonchev–Trinajstić information content (AvgIpc) is 2.96. The minimum Gasteiger partial charge on any atom is -0.493 e. The molecule has 0 aromatic heterocycles. The maximum atomic E-state index is 11.3. The molecule has 1 spiro atoms. The summed E-state index contributed by atoms with van der Waals surface area (Å²) in [6.45, 7) is 3.60. The molecule has 3 aliphatic rings. The van der Waals surface area contributed by atoms with Gasteiger partial charge in [-0.2, -0.15) is 0 Å². The van der Waals surface area contributed by atoms with Gasteiger partial charge < -0.3 is 19.9 Å². The lowest BCUT2D eigenvalue weighted by molar-refractivity contribution is -0.149. The first-order valence-electron chi connectivity index (χ1n) is 11.4. The van der Waals surface area contributed by atoms with Crippen LogP contribution in [0.25, 0.3) is 0 Å². The smallest absolute Gasteiger partial charge is 0.333 e. The Morgan fingerprint density at radius 3 is 2.84 bits per heavy atom. The van der Waals surface area contributed by atoms with Gasteiger partial charge in [-0.25, -0.2) is 4.79 Å². The maximum absolute atomic E-state index is 11.3. The molecule has 2 atom stereocenters. The third-order valence-electron chi connectivity index (χ3n) is 6.37. The van der Waals surface area contributed by atoms with Crippen molar-refractivity contribution >= 4 is 5.97 Å². The van der Waals surface area contributed by atoms with Crippen molar-refractivity contribution in [2.75, 3.05) is 19.8 Å². The average molecular weight is 434 g/mol. The number of carbonyl (C=O) groups is 1. The summed E-state index contributed by atoms with van der Waals surface area (Å²) in [5, 5.41) is 12.7. The summed E-state index contributed by atoms with van der Waals surface area (Å²) in [7, 11) is 0. The molecule has 32 heavy (non-hydrogen) atoms. The molecule has 1 aromatic rings. The normalized spacial score (nSPS) is 22.3. The predicted octanol–water partition coefficient (Wildman–Crippen LogP) is 4.73. The van der Waals surface area contributed by atoms with E-state index in [0.717, 1.165) is 37.1 Å². The SMILES string of the molecule is CCOC(Cc1ccc(OCCC2=C3C=CC=CC34CCC=CC4=CNC2)cc1)C(=O)O. The van der Waals surface area contributed by atoms with E-state index in [2.05, 4.69) is 48.0 Å². The molecule has 2 unspecified atom stereocenters. The predicted molar refractivity (Wildman–Crippen MR) is 126 cm³/mol. The standard InChI is InChI=1S/C27H31NO4/c1-2-31-25(26(29)30)17-20-9-11-23(12-10-20)32-16-13-21-18-28-19-22-7-3-5-14-27(22)15-6-4-8-24(21)27/h3-4,6-12,15,19,25,28H,2,5,13-14,16-18H2,1H3,(H,29,30). The Hall–Kier alpha value is -3.05. The Balaban J connectivity index is 1.39. The summed E-state index contributed by atoms with van der Waals surface area (Å²) in [5.74, 6) is -0.147. The van der Waals surface area contributed by atoms with Crippen molar-refractivity contribution in [3.63, 3.8) is 0 Å². The summed E-state index contributed by atoms with van der Waals surface area (Å²) in [6.07, 6.45) is 18.1. The second-order valence-corrected chi connectivity index (χ2v) is 8.36. The number of ether oxygens (including phenoxy) is 2. The molecule has 2 N–H and O–H groups in total. The van der Waals surface area contributed by atoms with Crippen LogP contribution in [0.15, 0.2) is 83.6 Å². The van der Waals surface area contributed by atoms with Crippen molar-refractivity contribution < 1.29 is 19.4 Å². The molecule has 5 heteroatoms. The molecule has 1 heterocycles. The molecular weight excluding hydrogens is 402 g/mol. The molecule has 0 radical (unpaired) electrons. The van der Waals surface area contributed by atoms with E-state index in [1.54, 1.807) is 6.92 Å². The molecule has 5 nitrogen and oxygen atoms in total. The fourth-order valence-corrected chi connectivity index (χ4v) is 4.75. The van der Waals surface area contributed by atoms with Gasteiger partial charge in [0.2, 0.25) is 0 Å². The number of rotatable bonds is 9. The van der Waals surface area contributed by atoms with E-state index >= 15 is 0 Å². The van der Waals surface area contributed by atoms with E-state index in [1.165, 1.54) is 16.7 Å². The molecule has 4 rings (SSSR count). The van der Waals surface area contributed by atoms with Crippen LogP contribution in [0.4, 0.5) is 0 Å². The lowest BCUT2D eigenvalue weighted by Crippen LogP contribution is -2.26. The van der Waals surface area contributed by atoms with Crippen LogP contribution in [-0.2, 0) is 16.0 Å². The summed E-state index contributed by atoms with van der Waals surface area (Å²) in [5.41, 5.74) is 5.00. The van der Waals surface area contributed by atoms with Gasteiger partial charge in [0, 0.05) is 37.6 Å². The highest BCUT2D eigenvalue weighted by molar-refractivity contribution is 5.72. The molecule has 1 aliphatic heterocycles. The minimum absolute atomic E-state index is 0.0226. The topological polar surface area (TPSA) is 67.8 Å². The largest absolute Gasteiger partial charge is 0.493 e. The summed E-state index contributed by atoms with van der Waals surface area (Å²) >= 11 is 0. The lowest BCUT2D eigenvalue weighted by atomic mass is 9.65. The number of allylic oxidation sites excluding steroid dienone is 8. The molecule has 1 aromatic carbocycles. The van der Waals surface area contributed by atoms with Gasteiger partial charge in [0.05, 0.1) is 6.61 Å². The second-order valence-electron chi connectivity index (χ2n) is 8.36. The van der Waals surface area contributed by atoms with E-state index < -0.39 is 12.1 Å². The molecule has 2 aliphatic carbocycles. The van der Waals surface area contributed by atoms with Crippen LogP contribution in [0.5, 0.6) is 5.75 Å². The molecule has 0 saturated carbocycles. The third-order valence-corrected chi connectivity index (χ3v) is 6.37. The fraction of sp³-hybridized carbons (Fsp3) is 0.370. The first kappa shape index (κ1) is 22.2. The van der Waals surface area contributed by atoms with Crippen LogP contribution in [-0.4, -0.2) is 36.9 Å². The van der Waals surface area contributed by atoms with Crippen molar-refractivity contribution in [3.05, 3.63) is 89.2 Å². The van der Waals surface area contributed by atoms with Crippen LogP contribution in [0.3, 0.4) is 0 Å². The van der Waals surface area contributed by atoms with Crippen LogP contribution in [0.2, 0.25) is 0 Å². The Bertz CT molecular complexity index is 983. The molecule has 0 amide bonds. The zero-order valence-corrected chi connectivity index (χ0v) is 18.5. The van der Waals surface area contributed by atoms with E-state index in [1.807, 2.05) is 24.3 Å². The van der Waals surface area contributed by atoms with Gasteiger partial charge in [-0.3, -0.25) is 0 Å². The maximum Gasteiger partial charge on any atom is 0.333 e. The van der Waals surface area contributed by atoms with E-state index in [4.69, 9.17) is 9.47 Å². The van der Waals surface area contributed by atoms with Gasteiger partial charge in [-0.15, -0.1) is 0 Å². The zero-order valence-electron chi connectivity index (χ0n) is 18.5. The number of hydrogen-bond acceptors (Lipinski definition) is 4. The number of benzene rings is 1. The molecular formula is C27H31NO4. The Labute approximate surface area is 189 Å². The van der Waals surface area contributed by atoms with E-state index in [9.17, 15) is 9.90 Å². The Morgan fingerprint density at radius 1 is 1.22 bits per heavy atom. The molecule has 168 valence electrons. The first-order chi connectivity index (χ1) is 15.6. The lowest BCUT2D eigenvalue weighted by Gasteiger charge is -2.37. The van der Waals surface area contributed by atoms with E-state index in [0.29, 0.717) is 19.6 Å².